The highest BCUT2D eigenvalue weighted by Gasteiger charge is 2.38. The summed E-state index contributed by atoms with van der Waals surface area (Å²) in [5.74, 6) is -0.222. The predicted octanol–water partition coefficient (Wildman–Crippen LogP) is 1.46. The van der Waals surface area contributed by atoms with E-state index in [1.165, 1.54) is 0 Å². The lowest BCUT2D eigenvalue weighted by molar-refractivity contribution is 0.0516. The maximum absolute atomic E-state index is 12.1. The number of fused-ring (bicyclic) bond motifs is 3. The summed E-state index contributed by atoms with van der Waals surface area (Å²) in [6.07, 6.45) is 2.44. The quantitative estimate of drug-likeness (QED) is 0.810. The van der Waals surface area contributed by atoms with Crippen LogP contribution in [0.15, 0.2) is 6.20 Å². The van der Waals surface area contributed by atoms with Gasteiger partial charge in [-0.15, -0.1) is 0 Å². The fourth-order valence-corrected chi connectivity index (χ4v) is 2.85. The zero-order valence-electron chi connectivity index (χ0n) is 12.2. The normalized spacial score (nSPS) is 15.2. The van der Waals surface area contributed by atoms with Crippen molar-refractivity contribution in [2.75, 3.05) is 12.3 Å². The minimum atomic E-state index is -0.423. The Labute approximate surface area is 121 Å². The van der Waals surface area contributed by atoms with Gasteiger partial charge in [0.2, 0.25) is 5.95 Å². The first-order valence-corrected chi connectivity index (χ1v) is 6.81. The number of rotatable bonds is 2. The average Bonchev–Trinajstić information content (AvgIpc) is 2.86. The summed E-state index contributed by atoms with van der Waals surface area (Å²) in [5.41, 5.74) is 8.97. The van der Waals surface area contributed by atoms with Crippen LogP contribution in [0, 0.1) is 0 Å². The third-order valence-electron chi connectivity index (χ3n) is 3.66. The fraction of sp³-hybridized carbons (Fsp3) is 0.429. The number of carbonyl (C=O) groups is 1. The van der Waals surface area contributed by atoms with Crippen LogP contribution < -0.4 is 5.73 Å². The van der Waals surface area contributed by atoms with Gasteiger partial charge < -0.3 is 10.5 Å². The Balaban J connectivity index is 2.21. The highest BCUT2D eigenvalue weighted by molar-refractivity contribution is 5.92. The second-order valence-corrected chi connectivity index (χ2v) is 5.71. The molecule has 0 amide bonds. The molecule has 0 fully saturated rings. The van der Waals surface area contributed by atoms with E-state index < -0.39 is 5.97 Å². The Morgan fingerprint density at radius 1 is 1.52 bits per heavy atom. The molecule has 0 aromatic carbocycles. The minimum absolute atomic E-state index is 0.201. The number of ether oxygens (including phenoxy) is 1. The molecule has 0 saturated heterocycles. The summed E-state index contributed by atoms with van der Waals surface area (Å²) in [6.45, 7) is 6.20. The summed E-state index contributed by atoms with van der Waals surface area (Å²) < 4.78 is 5.08. The molecule has 0 spiro atoms. The molecule has 7 nitrogen and oxygen atoms in total. The molecule has 21 heavy (non-hydrogen) atoms. The Morgan fingerprint density at radius 3 is 3.00 bits per heavy atom. The van der Waals surface area contributed by atoms with Crippen LogP contribution >= 0.6 is 0 Å². The number of H-pyrrole nitrogens is 1. The summed E-state index contributed by atoms with van der Waals surface area (Å²) in [4.78, 5) is 20.4. The van der Waals surface area contributed by atoms with Crippen molar-refractivity contribution in [3.05, 3.63) is 23.0 Å². The van der Waals surface area contributed by atoms with Gasteiger partial charge in [-0.25, -0.2) is 14.8 Å². The number of aromatic nitrogens is 4. The van der Waals surface area contributed by atoms with Crippen molar-refractivity contribution in [3.63, 3.8) is 0 Å². The zero-order valence-corrected chi connectivity index (χ0v) is 12.2. The molecule has 1 aliphatic rings. The second kappa shape index (κ2) is 4.54. The molecule has 2 heterocycles. The van der Waals surface area contributed by atoms with Crippen LogP contribution in [-0.4, -0.2) is 32.7 Å². The van der Waals surface area contributed by atoms with E-state index in [0.29, 0.717) is 24.4 Å². The molecular weight excluding hydrogens is 270 g/mol. The van der Waals surface area contributed by atoms with E-state index in [9.17, 15) is 4.79 Å². The van der Waals surface area contributed by atoms with Crippen molar-refractivity contribution in [3.8, 4) is 11.4 Å². The van der Waals surface area contributed by atoms with Crippen molar-refractivity contribution in [2.24, 2.45) is 0 Å². The van der Waals surface area contributed by atoms with Gasteiger partial charge in [-0.1, -0.05) is 13.8 Å². The lowest BCUT2D eigenvalue weighted by Gasteiger charge is -2.30. The average molecular weight is 287 g/mol. The van der Waals surface area contributed by atoms with Crippen LogP contribution in [0.25, 0.3) is 11.4 Å². The van der Waals surface area contributed by atoms with E-state index in [-0.39, 0.29) is 11.4 Å². The number of hydrogen-bond acceptors (Lipinski definition) is 6. The zero-order chi connectivity index (χ0) is 15.2. The number of carbonyl (C=O) groups excluding carboxylic acids is 1. The fourth-order valence-electron chi connectivity index (χ4n) is 2.85. The van der Waals surface area contributed by atoms with Gasteiger partial charge in [0, 0.05) is 11.8 Å². The number of esters is 1. The summed E-state index contributed by atoms with van der Waals surface area (Å²) in [7, 11) is 0. The molecule has 0 saturated carbocycles. The number of aromatic amines is 1. The van der Waals surface area contributed by atoms with Crippen LogP contribution in [0.5, 0.6) is 0 Å². The van der Waals surface area contributed by atoms with E-state index in [2.05, 4.69) is 34.0 Å². The maximum atomic E-state index is 12.1. The molecular formula is C14H17N5O2. The van der Waals surface area contributed by atoms with Crippen molar-refractivity contribution < 1.29 is 9.53 Å². The maximum Gasteiger partial charge on any atom is 0.359 e. The molecule has 0 radical (unpaired) electrons. The van der Waals surface area contributed by atoms with Gasteiger partial charge in [0.05, 0.1) is 18.0 Å². The van der Waals surface area contributed by atoms with E-state index in [0.717, 1.165) is 16.8 Å². The smallest absolute Gasteiger partial charge is 0.359 e. The van der Waals surface area contributed by atoms with Gasteiger partial charge in [0.15, 0.2) is 5.69 Å². The highest BCUT2D eigenvalue weighted by Crippen LogP contribution is 2.42. The standard InChI is InChI=1S/C14H17N5O2/c1-4-21-12(20)11-8-10(18-19-11)9-7(5-14(8,2)3)6-16-13(15)17-9/h6H,4-5H2,1-3H3,(H,18,19)(H2,15,16,17). The van der Waals surface area contributed by atoms with Gasteiger partial charge in [0.1, 0.15) is 0 Å². The van der Waals surface area contributed by atoms with Crippen molar-refractivity contribution in [1.82, 2.24) is 20.2 Å². The summed E-state index contributed by atoms with van der Waals surface area (Å²) in [5, 5.41) is 7.05. The summed E-state index contributed by atoms with van der Waals surface area (Å²) in [6, 6.07) is 0. The third-order valence-corrected chi connectivity index (χ3v) is 3.66. The van der Waals surface area contributed by atoms with Gasteiger partial charge in [-0.05, 0) is 24.3 Å². The molecule has 3 rings (SSSR count). The third kappa shape index (κ3) is 2.05. The van der Waals surface area contributed by atoms with Gasteiger partial charge in [-0.3, -0.25) is 5.10 Å². The van der Waals surface area contributed by atoms with Gasteiger partial charge >= 0.3 is 5.97 Å². The lowest BCUT2D eigenvalue weighted by Crippen LogP contribution is -2.28. The van der Waals surface area contributed by atoms with Crippen LogP contribution in [-0.2, 0) is 16.6 Å². The Morgan fingerprint density at radius 2 is 2.29 bits per heavy atom. The van der Waals surface area contributed by atoms with Crippen molar-refractivity contribution in [1.29, 1.82) is 0 Å². The van der Waals surface area contributed by atoms with Crippen LogP contribution in [0.4, 0.5) is 5.95 Å². The largest absolute Gasteiger partial charge is 0.461 e. The number of anilines is 1. The molecule has 0 unspecified atom stereocenters. The van der Waals surface area contributed by atoms with Crippen molar-refractivity contribution >= 4 is 11.9 Å². The predicted molar refractivity (Wildman–Crippen MR) is 76.7 cm³/mol. The lowest BCUT2D eigenvalue weighted by atomic mass is 9.73. The molecule has 0 bridgehead atoms. The van der Waals surface area contributed by atoms with E-state index in [4.69, 9.17) is 10.5 Å². The van der Waals surface area contributed by atoms with Crippen molar-refractivity contribution in [2.45, 2.75) is 32.6 Å². The monoisotopic (exact) mass is 287 g/mol. The van der Waals surface area contributed by atoms with E-state index in [1.807, 2.05) is 0 Å². The molecule has 2 aromatic heterocycles. The Bertz CT molecular complexity index is 720. The van der Waals surface area contributed by atoms with E-state index in [1.54, 1.807) is 13.1 Å². The van der Waals surface area contributed by atoms with Crippen LogP contribution in [0.1, 0.15) is 42.4 Å². The first-order chi connectivity index (χ1) is 9.94. The molecule has 7 heteroatoms. The first-order valence-electron chi connectivity index (χ1n) is 6.81. The highest BCUT2D eigenvalue weighted by atomic mass is 16.5. The van der Waals surface area contributed by atoms with Crippen LogP contribution in [0.2, 0.25) is 0 Å². The number of nitrogen functional groups attached to an aromatic ring is 1. The minimum Gasteiger partial charge on any atom is -0.461 e. The Kier molecular flexibility index (Phi) is 2.93. The topological polar surface area (TPSA) is 107 Å². The second-order valence-electron chi connectivity index (χ2n) is 5.71. The first kappa shape index (κ1) is 13.5. The van der Waals surface area contributed by atoms with Gasteiger partial charge in [-0.2, -0.15) is 5.10 Å². The molecule has 3 N–H and O–H groups in total. The molecule has 1 aliphatic carbocycles. The number of nitrogens with zero attached hydrogens (tertiary/aromatic N) is 3. The number of hydrogen-bond donors (Lipinski definition) is 2. The molecule has 110 valence electrons. The molecule has 0 aliphatic heterocycles. The SMILES string of the molecule is CCOC(=O)c1n[nH]c2c1C(C)(C)Cc1cnc(N)nc1-2. The summed E-state index contributed by atoms with van der Waals surface area (Å²) >= 11 is 0. The van der Waals surface area contributed by atoms with Crippen LogP contribution in [0.3, 0.4) is 0 Å². The van der Waals surface area contributed by atoms with Gasteiger partial charge in [0.25, 0.3) is 0 Å². The Hall–Kier alpha value is -2.44. The number of nitrogens with two attached hydrogens (primary N) is 1. The molecule has 2 aromatic rings. The van der Waals surface area contributed by atoms with E-state index >= 15 is 0 Å². The molecule has 0 atom stereocenters. The number of nitrogens with one attached hydrogen (secondary N) is 1.